The molecule has 1 aliphatic heterocycles. The van der Waals surface area contributed by atoms with Gasteiger partial charge in [-0.25, -0.2) is 23.2 Å². The minimum absolute atomic E-state index is 0.0103. The summed E-state index contributed by atoms with van der Waals surface area (Å²) in [5.41, 5.74) is 0.0103. The van der Waals surface area contributed by atoms with E-state index in [4.69, 9.17) is 5.11 Å². The molecule has 3 aromatic rings. The lowest BCUT2D eigenvalue weighted by Gasteiger charge is -2.41. The zero-order valence-corrected chi connectivity index (χ0v) is 18.7. The molecule has 32 heavy (non-hydrogen) atoms. The minimum atomic E-state index is -3.71. The quantitative estimate of drug-likeness (QED) is 0.599. The normalized spacial score (nSPS) is 17.7. The molecule has 4 rings (SSSR count). The molecule has 10 heteroatoms. The van der Waals surface area contributed by atoms with Gasteiger partial charge in [-0.05, 0) is 37.0 Å². The summed E-state index contributed by atoms with van der Waals surface area (Å²) in [6, 6.07) is 12.6. The molecule has 2 aromatic carbocycles. The maximum absolute atomic E-state index is 13.6. The van der Waals surface area contributed by atoms with Crippen molar-refractivity contribution in [2.24, 2.45) is 0 Å². The zero-order valence-electron chi connectivity index (χ0n) is 17.9. The molecule has 0 bridgehead atoms. The van der Waals surface area contributed by atoms with Crippen LogP contribution in [0, 0.1) is 0 Å². The number of likely N-dealkylation sites (N-methyl/N-ethyl adjacent to an activating group) is 1. The van der Waals surface area contributed by atoms with E-state index in [1.165, 1.54) is 12.4 Å². The number of hydrogen-bond acceptors (Lipinski definition) is 7. The van der Waals surface area contributed by atoms with E-state index in [1.54, 1.807) is 16.4 Å². The van der Waals surface area contributed by atoms with Gasteiger partial charge in [0.15, 0.2) is 0 Å². The number of aromatic nitrogens is 2. The SMILES string of the molecule is CN(C)CC1CN(c2ncc(C(=O)O)cn2)CCN1S(=O)(=O)c1ccc2ccccc2c1. The van der Waals surface area contributed by atoms with Crippen molar-refractivity contribution in [1.82, 2.24) is 19.2 Å². The summed E-state index contributed by atoms with van der Waals surface area (Å²) in [5, 5.41) is 10.9. The topological polar surface area (TPSA) is 107 Å². The van der Waals surface area contributed by atoms with Crippen molar-refractivity contribution >= 4 is 32.7 Å². The number of aromatic carboxylic acids is 1. The standard InChI is InChI=1S/C22H25N5O4S/c1-25(2)14-19-15-26(22-23-12-18(13-24-22)21(28)29)9-10-27(19)32(30,31)20-8-7-16-5-3-4-6-17(16)11-20/h3-8,11-13,19H,9-10,14-15H2,1-2H3,(H,28,29). The van der Waals surface area contributed by atoms with E-state index in [0.717, 1.165) is 10.8 Å². The third-order valence-corrected chi connectivity index (χ3v) is 7.45. The van der Waals surface area contributed by atoms with E-state index < -0.39 is 16.0 Å². The van der Waals surface area contributed by atoms with Crippen molar-refractivity contribution in [3.63, 3.8) is 0 Å². The molecule has 1 unspecified atom stereocenters. The van der Waals surface area contributed by atoms with Crippen LogP contribution in [0.4, 0.5) is 5.95 Å². The zero-order chi connectivity index (χ0) is 22.9. The molecule has 0 aliphatic carbocycles. The average Bonchev–Trinajstić information content (AvgIpc) is 2.78. The van der Waals surface area contributed by atoms with Gasteiger partial charge < -0.3 is 14.9 Å². The summed E-state index contributed by atoms with van der Waals surface area (Å²) in [5.74, 6) is -0.699. The smallest absolute Gasteiger partial charge is 0.338 e. The van der Waals surface area contributed by atoms with Gasteiger partial charge in [0.25, 0.3) is 0 Å². The Kier molecular flexibility index (Phi) is 6.09. The Labute approximate surface area is 187 Å². The van der Waals surface area contributed by atoms with Crippen molar-refractivity contribution in [3.8, 4) is 0 Å². The highest BCUT2D eigenvalue weighted by atomic mass is 32.2. The first-order chi connectivity index (χ1) is 15.3. The molecule has 168 valence electrons. The minimum Gasteiger partial charge on any atom is -0.478 e. The van der Waals surface area contributed by atoms with Crippen molar-refractivity contribution in [2.45, 2.75) is 10.9 Å². The predicted octanol–water partition coefficient (Wildman–Crippen LogP) is 1.77. The van der Waals surface area contributed by atoms with Crippen LogP contribution in [-0.2, 0) is 10.0 Å². The Morgan fingerprint density at radius 1 is 1.09 bits per heavy atom. The van der Waals surface area contributed by atoms with Crippen LogP contribution in [-0.4, -0.2) is 85.0 Å². The highest BCUT2D eigenvalue weighted by Crippen LogP contribution is 2.26. The molecule has 1 atom stereocenters. The van der Waals surface area contributed by atoms with Crippen LogP contribution in [0.5, 0.6) is 0 Å². The third-order valence-electron chi connectivity index (χ3n) is 5.50. The molecule has 0 saturated carbocycles. The summed E-state index contributed by atoms with van der Waals surface area (Å²) in [6.45, 7) is 1.61. The van der Waals surface area contributed by atoms with Gasteiger partial charge in [-0.1, -0.05) is 30.3 Å². The fourth-order valence-electron chi connectivity index (χ4n) is 3.97. The number of carboxylic acid groups (broad SMARTS) is 1. The second-order valence-corrected chi connectivity index (χ2v) is 9.95. The summed E-state index contributed by atoms with van der Waals surface area (Å²) >= 11 is 0. The molecule has 1 aromatic heterocycles. The molecular weight excluding hydrogens is 430 g/mol. The van der Waals surface area contributed by atoms with Gasteiger partial charge in [0.2, 0.25) is 16.0 Å². The molecule has 1 saturated heterocycles. The van der Waals surface area contributed by atoms with Crippen molar-refractivity contribution in [2.75, 3.05) is 45.2 Å². The van der Waals surface area contributed by atoms with Crippen LogP contribution in [0.15, 0.2) is 59.8 Å². The number of hydrogen-bond donors (Lipinski definition) is 1. The van der Waals surface area contributed by atoms with Gasteiger partial charge in [0, 0.05) is 38.6 Å². The Bertz CT molecular complexity index is 1230. The number of benzene rings is 2. The van der Waals surface area contributed by atoms with E-state index in [-0.39, 0.29) is 23.0 Å². The maximum Gasteiger partial charge on any atom is 0.338 e. The number of anilines is 1. The van der Waals surface area contributed by atoms with Gasteiger partial charge in [0.05, 0.1) is 16.5 Å². The Morgan fingerprint density at radius 3 is 2.44 bits per heavy atom. The van der Waals surface area contributed by atoms with Crippen LogP contribution in [0.2, 0.25) is 0 Å². The second-order valence-electron chi connectivity index (χ2n) is 8.06. The molecule has 0 radical (unpaired) electrons. The first kappa shape index (κ1) is 22.1. The third kappa shape index (κ3) is 4.43. The summed E-state index contributed by atoms with van der Waals surface area (Å²) in [6.07, 6.45) is 2.54. The van der Waals surface area contributed by atoms with Gasteiger partial charge >= 0.3 is 5.97 Å². The largest absolute Gasteiger partial charge is 0.478 e. The lowest BCUT2D eigenvalue weighted by atomic mass is 10.1. The number of fused-ring (bicyclic) bond motifs is 1. The fraction of sp³-hybridized carbons (Fsp3) is 0.318. The van der Waals surface area contributed by atoms with Crippen molar-refractivity contribution < 1.29 is 18.3 Å². The van der Waals surface area contributed by atoms with E-state index in [1.807, 2.05) is 54.2 Å². The highest BCUT2D eigenvalue weighted by molar-refractivity contribution is 7.89. The number of carbonyl (C=O) groups is 1. The molecule has 0 spiro atoms. The summed E-state index contributed by atoms with van der Waals surface area (Å²) in [7, 11) is 0.0910. The Hall–Kier alpha value is -3.08. The number of sulfonamides is 1. The van der Waals surface area contributed by atoms with Gasteiger partial charge in [-0.15, -0.1) is 0 Å². The van der Waals surface area contributed by atoms with Gasteiger partial charge in [0.1, 0.15) is 0 Å². The van der Waals surface area contributed by atoms with Crippen molar-refractivity contribution in [3.05, 3.63) is 60.4 Å². The maximum atomic E-state index is 13.6. The fourth-order valence-corrected chi connectivity index (χ4v) is 5.60. The predicted molar refractivity (Wildman–Crippen MR) is 121 cm³/mol. The van der Waals surface area contributed by atoms with Crippen molar-refractivity contribution in [1.29, 1.82) is 0 Å². The van der Waals surface area contributed by atoms with Gasteiger partial charge in [-0.3, -0.25) is 0 Å². The van der Waals surface area contributed by atoms with Crippen LogP contribution < -0.4 is 4.90 Å². The number of carboxylic acids is 1. The van der Waals surface area contributed by atoms with E-state index >= 15 is 0 Å². The summed E-state index contributed by atoms with van der Waals surface area (Å²) < 4.78 is 28.7. The van der Waals surface area contributed by atoms with E-state index in [2.05, 4.69) is 9.97 Å². The lowest BCUT2D eigenvalue weighted by Crippen LogP contribution is -2.58. The van der Waals surface area contributed by atoms with Crippen LogP contribution in [0.1, 0.15) is 10.4 Å². The highest BCUT2D eigenvalue weighted by Gasteiger charge is 2.37. The molecule has 1 aliphatic rings. The van der Waals surface area contributed by atoms with Crippen LogP contribution in [0.25, 0.3) is 10.8 Å². The molecule has 1 fully saturated rings. The van der Waals surface area contributed by atoms with Gasteiger partial charge in [-0.2, -0.15) is 4.31 Å². The Balaban J connectivity index is 1.62. The van der Waals surface area contributed by atoms with E-state index in [0.29, 0.717) is 25.6 Å². The molecule has 0 amide bonds. The van der Waals surface area contributed by atoms with Crippen LogP contribution >= 0.6 is 0 Å². The Morgan fingerprint density at radius 2 is 1.78 bits per heavy atom. The number of piperazine rings is 1. The molecular formula is C22H25N5O4S. The first-order valence-corrected chi connectivity index (χ1v) is 11.7. The lowest BCUT2D eigenvalue weighted by molar-refractivity contribution is 0.0696. The van der Waals surface area contributed by atoms with Crippen LogP contribution in [0.3, 0.4) is 0 Å². The first-order valence-electron chi connectivity index (χ1n) is 10.2. The molecule has 2 heterocycles. The monoisotopic (exact) mass is 455 g/mol. The average molecular weight is 456 g/mol. The number of nitrogens with zero attached hydrogens (tertiary/aromatic N) is 5. The number of rotatable bonds is 6. The second kappa shape index (κ2) is 8.81. The van der Waals surface area contributed by atoms with E-state index in [9.17, 15) is 13.2 Å². The molecule has 1 N–H and O–H groups in total. The molecule has 9 nitrogen and oxygen atoms in total. The summed E-state index contributed by atoms with van der Waals surface area (Å²) in [4.78, 5) is 23.5.